The molecule has 0 radical (unpaired) electrons. The first kappa shape index (κ1) is 26.4. The van der Waals surface area contributed by atoms with Gasteiger partial charge in [0.15, 0.2) is 11.6 Å². The summed E-state index contributed by atoms with van der Waals surface area (Å²) >= 11 is 12.2. The number of halogens is 5. The summed E-state index contributed by atoms with van der Waals surface area (Å²) in [6.07, 6.45) is -5.71. The number of aromatic nitrogens is 6. The average molecular weight is 555 g/mol. The molecule has 2 heterocycles. The Balaban J connectivity index is 1.78. The fourth-order valence-electron chi connectivity index (χ4n) is 3.49. The minimum Gasteiger partial charge on any atom is -0.468 e. The Morgan fingerprint density at radius 2 is 1.73 bits per heavy atom. The van der Waals surface area contributed by atoms with Gasteiger partial charge >= 0.3 is 17.8 Å². The Morgan fingerprint density at radius 1 is 1.03 bits per heavy atom. The molecule has 0 spiro atoms. The van der Waals surface area contributed by atoms with Crippen molar-refractivity contribution in [3.05, 3.63) is 74.9 Å². The van der Waals surface area contributed by atoms with E-state index in [-0.39, 0.29) is 30.6 Å². The van der Waals surface area contributed by atoms with Crippen LogP contribution in [0, 0.1) is 0 Å². The predicted molar refractivity (Wildman–Crippen MR) is 129 cm³/mol. The fraction of sp³-hybridized carbons (Fsp3) is 0.261. The zero-order chi connectivity index (χ0) is 26.7. The van der Waals surface area contributed by atoms with E-state index in [4.69, 9.17) is 27.9 Å². The molecule has 0 N–H and O–H groups in total. The van der Waals surface area contributed by atoms with Crippen LogP contribution in [-0.4, -0.2) is 48.4 Å². The van der Waals surface area contributed by atoms with Crippen molar-refractivity contribution in [2.24, 2.45) is 0 Å². The minimum absolute atomic E-state index is 0.0243. The number of hydrogen-bond donors (Lipinski definition) is 0. The van der Waals surface area contributed by atoms with Crippen LogP contribution < -0.4 is 5.69 Å². The number of carbonyl (C=O) groups is 1. The van der Waals surface area contributed by atoms with E-state index in [1.165, 1.54) is 23.9 Å². The van der Waals surface area contributed by atoms with Gasteiger partial charge in [0, 0.05) is 22.7 Å². The Bertz CT molecular complexity index is 1480. The lowest BCUT2D eigenvalue weighted by Gasteiger charge is -2.08. The van der Waals surface area contributed by atoms with Gasteiger partial charge in [-0.25, -0.2) is 19.1 Å². The molecular weight excluding hydrogens is 536 g/mol. The third-order valence-electron chi connectivity index (χ3n) is 5.30. The number of rotatable bonds is 8. The van der Waals surface area contributed by atoms with Crippen molar-refractivity contribution in [3.63, 3.8) is 0 Å². The van der Waals surface area contributed by atoms with E-state index in [2.05, 4.69) is 15.2 Å². The lowest BCUT2D eigenvalue weighted by Crippen LogP contribution is -2.28. The summed E-state index contributed by atoms with van der Waals surface area (Å²) in [5.74, 6) is -0.268. The molecule has 0 fully saturated rings. The third-order valence-corrected chi connectivity index (χ3v) is 5.89. The second-order valence-corrected chi connectivity index (χ2v) is 8.70. The zero-order valence-electron chi connectivity index (χ0n) is 19.2. The van der Waals surface area contributed by atoms with Gasteiger partial charge in [-0.1, -0.05) is 35.3 Å². The van der Waals surface area contributed by atoms with Gasteiger partial charge in [-0.3, -0.25) is 9.36 Å². The molecule has 0 saturated carbocycles. The maximum Gasteiger partial charge on any atom is 0.390 e. The lowest BCUT2D eigenvalue weighted by molar-refractivity contribution is -0.141. The summed E-state index contributed by atoms with van der Waals surface area (Å²) in [4.78, 5) is 29.6. The number of nitrogens with zero attached hydrogens (tertiary/aromatic N) is 6. The van der Waals surface area contributed by atoms with E-state index < -0.39 is 30.8 Å². The zero-order valence-corrected chi connectivity index (χ0v) is 20.8. The molecule has 14 heteroatoms. The Kier molecular flexibility index (Phi) is 7.69. The summed E-state index contributed by atoms with van der Waals surface area (Å²) in [6.45, 7) is -1.25. The standard InChI is InChI=1S/C23H19Cl2F3N6O3/c1-37-19(35)13-33-18(29-20(30-33)16-4-2-3-5-17(16)25)12-34-22(36)32(11-10-23(26,27)28)21(31-34)14-6-8-15(24)9-7-14/h2-9H,10-13H2,1H3. The van der Waals surface area contributed by atoms with Crippen LogP contribution in [0.15, 0.2) is 53.3 Å². The van der Waals surface area contributed by atoms with Crippen molar-refractivity contribution in [1.29, 1.82) is 0 Å². The van der Waals surface area contributed by atoms with Gasteiger partial charge in [0.1, 0.15) is 18.9 Å². The minimum atomic E-state index is -4.48. The van der Waals surface area contributed by atoms with Crippen LogP contribution in [0.5, 0.6) is 0 Å². The Labute approximate surface area is 218 Å². The number of hydrogen-bond acceptors (Lipinski definition) is 6. The van der Waals surface area contributed by atoms with Gasteiger partial charge in [-0.05, 0) is 36.4 Å². The van der Waals surface area contributed by atoms with Gasteiger partial charge in [0.05, 0.1) is 18.6 Å². The van der Waals surface area contributed by atoms with Crippen molar-refractivity contribution >= 4 is 29.2 Å². The maximum atomic E-state index is 13.2. The van der Waals surface area contributed by atoms with E-state index in [1.807, 2.05) is 0 Å². The molecule has 0 unspecified atom stereocenters. The van der Waals surface area contributed by atoms with Gasteiger partial charge in [-0.2, -0.15) is 18.3 Å². The number of ether oxygens (including phenoxy) is 1. The molecule has 9 nitrogen and oxygen atoms in total. The molecule has 0 saturated heterocycles. The molecule has 37 heavy (non-hydrogen) atoms. The summed E-state index contributed by atoms with van der Waals surface area (Å²) in [6, 6.07) is 13.0. The molecule has 0 bridgehead atoms. The Morgan fingerprint density at radius 3 is 2.38 bits per heavy atom. The largest absolute Gasteiger partial charge is 0.468 e. The predicted octanol–water partition coefficient (Wildman–Crippen LogP) is 4.45. The summed E-state index contributed by atoms with van der Waals surface area (Å²) in [5.41, 5.74) is 0.0928. The fourth-order valence-corrected chi connectivity index (χ4v) is 3.84. The smallest absolute Gasteiger partial charge is 0.390 e. The molecule has 4 rings (SSSR count). The van der Waals surface area contributed by atoms with Crippen LogP contribution >= 0.6 is 23.2 Å². The number of alkyl halides is 3. The quantitative estimate of drug-likeness (QED) is 0.298. The molecule has 0 aliphatic rings. The topological polar surface area (TPSA) is 96.8 Å². The highest BCUT2D eigenvalue weighted by Gasteiger charge is 2.29. The van der Waals surface area contributed by atoms with Crippen LogP contribution in [0.2, 0.25) is 10.0 Å². The molecule has 2 aromatic carbocycles. The second-order valence-electron chi connectivity index (χ2n) is 7.85. The molecule has 4 aromatic rings. The Hall–Kier alpha value is -3.64. The third kappa shape index (κ3) is 6.20. The average Bonchev–Trinajstić information content (AvgIpc) is 3.38. The van der Waals surface area contributed by atoms with E-state index >= 15 is 0 Å². The van der Waals surface area contributed by atoms with Crippen molar-refractivity contribution < 1.29 is 22.7 Å². The van der Waals surface area contributed by atoms with Crippen LogP contribution in [0.4, 0.5) is 13.2 Å². The van der Waals surface area contributed by atoms with Crippen LogP contribution in [0.1, 0.15) is 12.2 Å². The van der Waals surface area contributed by atoms with Gasteiger partial charge in [0.2, 0.25) is 0 Å². The number of carbonyl (C=O) groups excluding carboxylic acids is 1. The molecule has 0 amide bonds. The first-order valence-electron chi connectivity index (χ1n) is 10.8. The summed E-state index contributed by atoms with van der Waals surface area (Å²) < 4.78 is 46.8. The first-order chi connectivity index (χ1) is 17.6. The molecule has 0 aliphatic carbocycles. The van der Waals surface area contributed by atoms with Crippen LogP contribution in [0.3, 0.4) is 0 Å². The van der Waals surface area contributed by atoms with E-state index in [9.17, 15) is 22.8 Å². The lowest BCUT2D eigenvalue weighted by atomic mass is 10.2. The highest BCUT2D eigenvalue weighted by atomic mass is 35.5. The number of methoxy groups -OCH3 is 1. The molecular formula is C23H19Cl2F3N6O3. The summed E-state index contributed by atoms with van der Waals surface area (Å²) in [7, 11) is 1.21. The SMILES string of the molecule is COC(=O)Cn1nc(-c2ccccc2Cl)nc1Cn1nc(-c2ccc(Cl)cc2)n(CCC(F)(F)F)c1=O. The first-order valence-corrected chi connectivity index (χ1v) is 11.6. The maximum absolute atomic E-state index is 13.2. The number of benzene rings is 2. The summed E-state index contributed by atoms with van der Waals surface area (Å²) in [5, 5.41) is 9.38. The van der Waals surface area contributed by atoms with Gasteiger partial charge < -0.3 is 4.74 Å². The highest BCUT2D eigenvalue weighted by Crippen LogP contribution is 2.26. The molecule has 0 aliphatic heterocycles. The molecule has 0 atom stereocenters. The highest BCUT2D eigenvalue weighted by molar-refractivity contribution is 6.33. The van der Waals surface area contributed by atoms with Crippen molar-refractivity contribution in [1.82, 2.24) is 29.1 Å². The van der Waals surface area contributed by atoms with E-state index in [1.54, 1.807) is 36.4 Å². The monoisotopic (exact) mass is 554 g/mol. The van der Waals surface area contributed by atoms with E-state index in [0.29, 0.717) is 21.2 Å². The van der Waals surface area contributed by atoms with Crippen molar-refractivity contribution in [2.75, 3.05) is 7.11 Å². The van der Waals surface area contributed by atoms with Crippen molar-refractivity contribution in [2.45, 2.75) is 32.2 Å². The van der Waals surface area contributed by atoms with Crippen LogP contribution in [-0.2, 0) is 29.2 Å². The molecule has 194 valence electrons. The van der Waals surface area contributed by atoms with Gasteiger partial charge in [0.25, 0.3) is 0 Å². The van der Waals surface area contributed by atoms with Crippen LogP contribution in [0.25, 0.3) is 22.8 Å². The van der Waals surface area contributed by atoms with Gasteiger partial charge in [-0.15, -0.1) is 5.10 Å². The van der Waals surface area contributed by atoms with Crippen molar-refractivity contribution in [3.8, 4) is 22.8 Å². The number of esters is 1. The normalized spacial score (nSPS) is 11.6. The van der Waals surface area contributed by atoms with E-state index in [0.717, 1.165) is 9.25 Å². The second kappa shape index (κ2) is 10.8. The molecule has 2 aromatic heterocycles.